The van der Waals surface area contributed by atoms with Gasteiger partial charge in [0.05, 0.1) is 6.54 Å². The molecule has 2 aliphatic rings. The highest BCUT2D eigenvalue weighted by atomic mass is 16.7. The van der Waals surface area contributed by atoms with E-state index in [1.807, 2.05) is 18.2 Å². The zero-order chi connectivity index (χ0) is 18.5. The lowest BCUT2D eigenvalue weighted by molar-refractivity contribution is -0.117. The Labute approximate surface area is 159 Å². The summed E-state index contributed by atoms with van der Waals surface area (Å²) in [7, 11) is 0. The zero-order valence-corrected chi connectivity index (χ0v) is 15.4. The van der Waals surface area contributed by atoms with Gasteiger partial charge in [0.25, 0.3) is 0 Å². The van der Waals surface area contributed by atoms with Gasteiger partial charge in [-0.2, -0.15) is 0 Å². The van der Waals surface area contributed by atoms with Crippen molar-refractivity contribution in [2.45, 2.75) is 6.42 Å². The Bertz CT molecular complexity index is 773. The first-order valence-corrected chi connectivity index (χ1v) is 9.44. The average molecular weight is 367 g/mol. The number of anilines is 1. The molecule has 2 aromatic rings. The van der Waals surface area contributed by atoms with E-state index >= 15 is 0 Å². The number of rotatable bonds is 6. The predicted octanol–water partition coefficient (Wildman–Crippen LogP) is 2.21. The molecule has 1 fully saturated rings. The lowest BCUT2D eigenvalue weighted by Gasteiger charge is -2.34. The van der Waals surface area contributed by atoms with Gasteiger partial charge in [0.2, 0.25) is 12.7 Å². The molecule has 0 bridgehead atoms. The van der Waals surface area contributed by atoms with Crippen molar-refractivity contribution >= 4 is 11.6 Å². The molecule has 0 atom stereocenters. The molecule has 0 aromatic heterocycles. The number of amides is 1. The monoisotopic (exact) mass is 367 g/mol. The molecule has 1 N–H and O–H groups in total. The maximum Gasteiger partial charge on any atom is 0.238 e. The van der Waals surface area contributed by atoms with Crippen LogP contribution in [0.25, 0.3) is 0 Å². The third-order valence-corrected chi connectivity index (χ3v) is 5.05. The van der Waals surface area contributed by atoms with E-state index in [2.05, 4.69) is 45.4 Å². The van der Waals surface area contributed by atoms with Crippen LogP contribution in [0.1, 0.15) is 5.56 Å². The van der Waals surface area contributed by atoms with Crippen molar-refractivity contribution in [3.05, 3.63) is 54.1 Å². The third-order valence-electron chi connectivity index (χ3n) is 5.05. The number of nitrogens with one attached hydrogen (secondary N) is 1. The van der Waals surface area contributed by atoms with E-state index in [1.54, 1.807) is 0 Å². The SMILES string of the molecule is O=C(CN1CCN(CCc2ccccc2)CC1)Nc1ccc2c(c1)OCO2. The van der Waals surface area contributed by atoms with E-state index in [-0.39, 0.29) is 12.7 Å². The fourth-order valence-electron chi connectivity index (χ4n) is 3.48. The molecule has 27 heavy (non-hydrogen) atoms. The molecule has 0 aliphatic carbocycles. The quantitative estimate of drug-likeness (QED) is 0.848. The maximum atomic E-state index is 12.3. The molecule has 2 aliphatic heterocycles. The molecule has 1 amide bonds. The van der Waals surface area contributed by atoms with Gasteiger partial charge in [0.1, 0.15) is 0 Å². The van der Waals surface area contributed by atoms with Gasteiger partial charge >= 0.3 is 0 Å². The van der Waals surface area contributed by atoms with Gasteiger partial charge in [-0.15, -0.1) is 0 Å². The second-order valence-corrected chi connectivity index (χ2v) is 6.97. The fourth-order valence-corrected chi connectivity index (χ4v) is 3.48. The minimum absolute atomic E-state index is 0.00611. The summed E-state index contributed by atoms with van der Waals surface area (Å²) in [6.45, 7) is 5.57. The van der Waals surface area contributed by atoms with E-state index in [9.17, 15) is 4.79 Å². The molecule has 0 unspecified atom stereocenters. The molecule has 6 heteroatoms. The lowest BCUT2D eigenvalue weighted by Crippen LogP contribution is -2.49. The summed E-state index contributed by atoms with van der Waals surface area (Å²) in [6, 6.07) is 16.1. The summed E-state index contributed by atoms with van der Waals surface area (Å²) in [5.74, 6) is 1.41. The van der Waals surface area contributed by atoms with Crippen molar-refractivity contribution in [3.8, 4) is 11.5 Å². The molecule has 2 heterocycles. The summed E-state index contributed by atoms with van der Waals surface area (Å²) >= 11 is 0. The van der Waals surface area contributed by atoms with Crippen LogP contribution in [-0.2, 0) is 11.2 Å². The third kappa shape index (κ3) is 4.78. The molecule has 4 rings (SSSR count). The van der Waals surface area contributed by atoms with Crippen LogP contribution in [0.15, 0.2) is 48.5 Å². The van der Waals surface area contributed by atoms with E-state index < -0.39 is 0 Å². The number of ether oxygens (including phenoxy) is 2. The standard InChI is InChI=1S/C21H25N3O3/c25-21(22-18-6-7-19-20(14-18)27-16-26-19)15-24-12-10-23(11-13-24)9-8-17-4-2-1-3-5-17/h1-7,14H,8-13,15-16H2,(H,22,25). The van der Waals surface area contributed by atoms with Gasteiger partial charge in [0, 0.05) is 44.5 Å². The zero-order valence-electron chi connectivity index (χ0n) is 15.4. The number of hydrogen-bond acceptors (Lipinski definition) is 5. The number of carbonyl (C=O) groups excluding carboxylic acids is 1. The molecule has 2 aromatic carbocycles. The summed E-state index contributed by atoms with van der Waals surface area (Å²) < 4.78 is 10.6. The van der Waals surface area contributed by atoms with Crippen LogP contribution in [0.4, 0.5) is 5.69 Å². The van der Waals surface area contributed by atoms with Crippen LogP contribution in [-0.4, -0.2) is 61.8 Å². The highest BCUT2D eigenvalue weighted by Gasteiger charge is 2.19. The maximum absolute atomic E-state index is 12.3. The van der Waals surface area contributed by atoms with E-state index in [4.69, 9.17) is 9.47 Å². The van der Waals surface area contributed by atoms with Gasteiger partial charge in [-0.1, -0.05) is 30.3 Å². The number of hydrogen-bond donors (Lipinski definition) is 1. The van der Waals surface area contributed by atoms with Crippen LogP contribution in [0.5, 0.6) is 11.5 Å². The predicted molar refractivity (Wildman–Crippen MR) is 104 cm³/mol. The largest absolute Gasteiger partial charge is 0.454 e. The smallest absolute Gasteiger partial charge is 0.238 e. The van der Waals surface area contributed by atoms with Crippen molar-refractivity contribution in [3.63, 3.8) is 0 Å². The molecule has 0 spiro atoms. The molecule has 0 radical (unpaired) electrons. The molecular formula is C21H25N3O3. The minimum Gasteiger partial charge on any atom is -0.454 e. The molecule has 0 saturated carbocycles. The molecular weight excluding hydrogens is 342 g/mol. The van der Waals surface area contributed by atoms with Crippen molar-refractivity contribution in [2.24, 2.45) is 0 Å². The second-order valence-electron chi connectivity index (χ2n) is 6.97. The Morgan fingerprint density at radius 2 is 1.67 bits per heavy atom. The highest BCUT2D eigenvalue weighted by Crippen LogP contribution is 2.34. The van der Waals surface area contributed by atoms with Crippen molar-refractivity contribution in [1.29, 1.82) is 0 Å². The van der Waals surface area contributed by atoms with Gasteiger partial charge < -0.3 is 19.7 Å². The topological polar surface area (TPSA) is 54.0 Å². The Kier molecular flexibility index (Phi) is 5.55. The van der Waals surface area contributed by atoms with Crippen LogP contribution >= 0.6 is 0 Å². The summed E-state index contributed by atoms with van der Waals surface area (Å²) in [6.07, 6.45) is 1.07. The first-order valence-electron chi connectivity index (χ1n) is 9.44. The second kappa shape index (κ2) is 8.41. The molecule has 6 nitrogen and oxygen atoms in total. The van der Waals surface area contributed by atoms with Crippen LogP contribution in [0, 0.1) is 0 Å². The minimum atomic E-state index is 0.00611. The number of nitrogens with zero attached hydrogens (tertiary/aromatic N) is 2. The number of piperazine rings is 1. The van der Waals surface area contributed by atoms with E-state index in [0.717, 1.165) is 50.6 Å². The summed E-state index contributed by atoms with van der Waals surface area (Å²) in [4.78, 5) is 17.0. The molecule has 142 valence electrons. The Hall–Kier alpha value is -2.57. The van der Waals surface area contributed by atoms with Crippen LogP contribution in [0.2, 0.25) is 0 Å². The molecule has 1 saturated heterocycles. The van der Waals surface area contributed by atoms with Gasteiger partial charge in [-0.3, -0.25) is 9.69 Å². The Balaban J connectivity index is 1.19. The summed E-state index contributed by atoms with van der Waals surface area (Å²) in [5, 5.41) is 2.95. The van der Waals surface area contributed by atoms with E-state index in [0.29, 0.717) is 12.3 Å². The van der Waals surface area contributed by atoms with E-state index in [1.165, 1.54) is 5.56 Å². The first kappa shape index (κ1) is 17.8. The van der Waals surface area contributed by atoms with Crippen molar-refractivity contribution in [1.82, 2.24) is 9.80 Å². The van der Waals surface area contributed by atoms with Gasteiger partial charge in [0.15, 0.2) is 11.5 Å². The number of fused-ring (bicyclic) bond motifs is 1. The first-order chi connectivity index (χ1) is 13.3. The number of carbonyl (C=O) groups is 1. The lowest BCUT2D eigenvalue weighted by atomic mass is 10.1. The number of benzene rings is 2. The van der Waals surface area contributed by atoms with Gasteiger partial charge in [-0.25, -0.2) is 0 Å². The van der Waals surface area contributed by atoms with Gasteiger partial charge in [-0.05, 0) is 24.1 Å². The fraction of sp³-hybridized carbons (Fsp3) is 0.381. The van der Waals surface area contributed by atoms with Crippen LogP contribution < -0.4 is 14.8 Å². The normalized spacial score (nSPS) is 17.0. The highest BCUT2D eigenvalue weighted by molar-refractivity contribution is 5.92. The Morgan fingerprint density at radius 1 is 0.926 bits per heavy atom. The Morgan fingerprint density at radius 3 is 2.48 bits per heavy atom. The average Bonchev–Trinajstić information content (AvgIpc) is 3.16. The van der Waals surface area contributed by atoms with Crippen molar-refractivity contribution < 1.29 is 14.3 Å². The summed E-state index contributed by atoms with van der Waals surface area (Å²) in [5.41, 5.74) is 2.12. The van der Waals surface area contributed by atoms with Crippen LogP contribution in [0.3, 0.4) is 0 Å². The van der Waals surface area contributed by atoms with Crippen molar-refractivity contribution in [2.75, 3.05) is 51.4 Å².